The molecule has 2 amide bonds. The van der Waals surface area contributed by atoms with Crippen LogP contribution in [0, 0.1) is 5.92 Å². The van der Waals surface area contributed by atoms with Crippen molar-refractivity contribution in [3.8, 4) is 0 Å². The van der Waals surface area contributed by atoms with E-state index < -0.39 is 0 Å². The van der Waals surface area contributed by atoms with Crippen molar-refractivity contribution in [3.05, 3.63) is 33.5 Å². The Balaban J connectivity index is 1.45. The maximum absolute atomic E-state index is 12.0. The lowest BCUT2D eigenvalue weighted by Crippen LogP contribution is -2.31. The van der Waals surface area contributed by atoms with Crippen LogP contribution in [0.5, 0.6) is 0 Å². The van der Waals surface area contributed by atoms with E-state index in [2.05, 4.69) is 15.6 Å². The van der Waals surface area contributed by atoms with E-state index in [0.717, 1.165) is 6.54 Å². The lowest BCUT2D eigenvalue weighted by atomic mass is 9.89. The monoisotopic (exact) mass is 363 g/mol. The van der Waals surface area contributed by atoms with E-state index in [1.807, 2.05) is 10.8 Å². The van der Waals surface area contributed by atoms with E-state index in [1.165, 1.54) is 54.8 Å². The van der Waals surface area contributed by atoms with Gasteiger partial charge in [0.1, 0.15) is 0 Å². The van der Waals surface area contributed by atoms with Crippen molar-refractivity contribution in [2.24, 2.45) is 5.92 Å². The van der Waals surface area contributed by atoms with Crippen LogP contribution in [-0.2, 0) is 11.2 Å². The van der Waals surface area contributed by atoms with Gasteiger partial charge in [0.2, 0.25) is 5.91 Å². The van der Waals surface area contributed by atoms with Crippen molar-refractivity contribution >= 4 is 39.6 Å². The summed E-state index contributed by atoms with van der Waals surface area (Å²) in [5, 5.41) is 11.8. The lowest BCUT2D eigenvalue weighted by molar-refractivity contribution is -0.120. The van der Waals surface area contributed by atoms with Gasteiger partial charge in [-0.05, 0) is 30.2 Å². The van der Waals surface area contributed by atoms with Gasteiger partial charge in [0.15, 0.2) is 5.13 Å². The van der Waals surface area contributed by atoms with Gasteiger partial charge in [0.25, 0.3) is 5.91 Å². The molecule has 0 radical (unpaired) electrons. The summed E-state index contributed by atoms with van der Waals surface area (Å²) in [6.07, 6.45) is 6.58. The fourth-order valence-electron chi connectivity index (χ4n) is 2.88. The number of anilines is 1. The molecule has 0 bridgehead atoms. The number of carbonyl (C=O) groups is 2. The van der Waals surface area contributed by atoms with E-state index in [-0.39, 0.29) is 18.2 Å². The summed E-state index contributed by atoms with van der Waals surface area (Å²) < 4.78 is 0. The highest BCUT2D eigenvalue weighted by atomic mass is 32.1. The first-order chi connectivity index (χ1) is 11.7. The lowest BCUT2D eigenvalue weighted by Gasteiger charge is -2.21. The molecule has 0 atom stereocenters. The third-order valence-electron chi connectivity index (χ3n) is 4.21. The second-order valence-electron chi connectivity index (χ2n) is 6.10. The Hall–Kier alpha value is -1.73. The van der Waals surface area contributed by atoms with E-state index in [4.69, 9.17) is 0 Å². The molecule has 24 heavy (non-hydrogen) atoms. The SMILES string of the molecule is O=C(Cc1csc(NC(=O)c2ccsc2)n1)NCC1CCCCC1. The van der Waals surface area contributed by atoms with Crippen LogP contribution < -0.4 is 10.6 Å². The van der Waals surface area contributed by atoms with Gasteiger partial charge < -0.3 is 5.32 Å². The molecule has 0 unspecified atom stereocenters. The zero-order valence-corrected chi connectivity index (χ0v) is 15.0. The predicted molar refractivity (Wildman–Crippen MR) is 97.7 cm³/mol. The first-order valence-corrected chi connectivity index (χ1v) is 10.1. The number of hydrogen-bond donors (Lipinski definition) is 2. The van der Waals surface area contributed by atoms with Crippen molar-refractivity contribution in [2.75, 3.05) is 11.9 Å². The molecule has 5 nitrogen and oxygen atoms in total. The molecule has 3 rings (SSSR count). The topological polar surface area (TPSA) is 71.1 Å². The molecule has 0 aliphatic heterocycles. The van der Waals surface area contributed by atoms with Crippen LogP contribution in [0.4, 0.5) is 5.13 Å². The first kappa shape index (κ1) is 17.1. The van der Waals surface area contributed by atoms with Gasteiger partial charge in [-0.1, -0.05) is 19.3 Å². The highest BCUT2D eigenvalue weighted by Crippen LogP contribution is 2.23. The minimum Gasteiger partial charge on any atom is -0.355 e. The highest BCUT2D eigenvalue weighted by Gasteiger charge is 2.15. The number of nitrogens with one attached hydrogen (secondary N) is 2. The molecule has 2 aromatic rings. The van der Waals surface area contributed by atoms with Crippen LogP contribution in [-0.4, -0.2) is 23.3 Å². The summed E-state index contributed by atoms with van der Waals surface area (Å²) in [6.45, 7) is 0.769. The molecule has 0 aromatic carbocycles. The number of aromatic nitrogens is 1. The average molecular weight is 364 g/mol. The molecule has 2 aromatic heterocycles. The number of thiophene rings is 1. The molecular weight excluding hydrogens is 342 g/mol. The van der Waals surface area contributed by atoms with Gasteiger partial charge in [-0.25, -0.2) is 4.98 Å². The van der Waals surface area contributed by atoms with Gasteiger partial charge in [-0.15, -0.1) is 11.3 Å². The van der Waals surface area contributed by atoms with Crippen molar-refractivity contribution in [1.82, 2.24) is 10.3 Å². The van der Waals surface area contributed by atoms with Crippen LogP contribution in [0.15, 0.2) is 22.2 Å². The quantitative estimate of drug-likeness (QED) is 0.822. The number of carbonyl (C=O) groups excluding carboxylic acids is 2. The van der Waals surface area contributed by atoms with Crippen LogP contribution in [0.1, 0.15) is 48.2 Å². The van der Waals surface area contributed by atoms with Crippen LogP contribution >= 0.6 is 22.7 Å². The second-order valence-corrected chi connectivity index (χ2v) is 7.73. The van der Waals surface area contributed by atoms with Crippen LogP contribution in [0.25, 0.3) is 0 Å². The Morgan fingerprint density at radius 2 is 2.04 bits per heavy atom. The maximum atomic E-state index is 12.0. The molecule has 1 fully saturated rings. The Morgan fingerprint density at radius 1 is 1.21 bits per heavy atom. The van der Waals surface area contributed by atoms with E-state index in [1.54, 1.807) is 11.4 Å². The van der Waals surface area contributed by atoms with E-state index in [0.29, 0.717) is 22.3 Å². The van der Waals surface area contributed by atoms with Crippen molar-refractivity contribution in [3.63, 3.8) is 0 Å². The third kappa shape index (κ3) is 4.88. The summed E-state index contributed by atoms with van der Waals surface area (Å²) in [6, 6.07) is 1.77. The number of rotatable bonds is 6. The number of thiazole rings is 1. The van der Waals surface area contributed by atoms with Gasteiger partial charge >= 0.3 is 0 Å². The fourth-order valence-corrected chi connectivity index (χ4v) is 4.23. The average Bonchev–Trinajstić information content (AvgIpc) is 3.26. The number of hydrogen-bond acceptors (Lipinski definition) is 5. The Labute approximate surface area is 149 Å². The molecule has 2 heterocycles. The zero-order chi connectivity index (χ0) is 16.8. The zero-order valence-electron chi connectivity index (χ0n) is 13.4. The standard InChI is InChI=1S/C17H21N3O2S2/c21-15(18-9-12-4-2-1-3-5-12)8-14-11-24-17(19-14)20-16(22)13-6-7-23-10-13/h6-7,10-12H,1-5,8-9H2,(H,18,21)(H,19,20,22). The van der Waals surface area contributed by atoms with E-state index in [9.17, 15) is 9.59 Å². The number of amides is 2. The Kier molecular flexibility index (Phi) is 5.98. The smallest absolute Gasteiger partial charge is 0.258 e. The van der Waals surface area contributed by atoms with Crippen LogP contribution in [0.2, 0.25) is 0 Å². The highest BCUT2D eigenvalue weighted by molar-refractivity contribution is 7.14. The summed E-state index contributed by atoms with van der Waals surface area (Å²) in [4.78, 5) is 28.3. The second kappa shape index (κ2) is 8.39. The molecule has 1 saturated carbocycles. The molecule has 7 heteroatoms. The van der Waals surface area contributed by atoms with Crippen molar-refractivity contribution in [1.29, 1.82) is 0 Å². The normalized spacial score (nSPS) is 15.2. The third-order valence-corrected chi connectivity index (χ3v) is 5.70. The molecule has 2 N–H and O–H groups in total. The number of nitrogens with zero attached hydrogens (tertiary/aromatic N) is 1. The van der Waals surface area contributed by atoms with Gasteiger partial charge in [0.05, 0.1) is 17.7 Å². The molecule has 1 aliphatic carbocycles. The van der Waals surface area contributed by atoms with E-state index >= 15 is 0 Å². The Morgan fingerprint density at radius 3 is 2.79 bits per heavy atom. The predicted octanol–water partition coefficient (Wildman–Crippen LogP) is 3.70. The Bertz CT molecular complexity index is 676. The summed E-state index contributed by atoms with van der Waals surface area (Å²) in [5.41, 5.74) is 1.32. The molecule has 1 aliphatic rings. The largest absolute Gasteiger partial charge is 0.355 e. The van der Waals surface area contributed by atoms with Gasteiger partial charge in [-0.3, -0.25) is 14.9 Å². The molecular formula is C17H21N3O2S2. The summed E-state index contributed by atoms with van der Waals surface area (Å²) in [5.74, 6) is 0.457. The van der Waals surface area contributed by atoms with Crippen LogP contribution in [0.3, 0.4) is 0 Å². The molecule has 0 saturated heterocycles. The summed E-state index contributed by atoms with van der Waals surface area (Å²) >= 11 is 2.82. The minimum absolute atomic E-state index is 0.00147. The van der Waals surface area contributed by atoms with Gasteiger partial charge in [0, 0.05) is 17.3 Å². The summed E-state index contributed by atoms with van der Waals surface area (Å²) in [7, 11) is 0. The minimum atomic E-state index is -0.168. The van der Waals surface area contributed by atoms with Crippen molar-refractivity contribution in [2.45, 2.75) is 38.5 Å². The van der Waals surface area contributed by atoms with Crippen molar-refractivity contribution < 1.29 is 9.59 Å². The fraction of sp³-hybridized carbons (Fsp3) is 0.471. The first-order valence-electron chi connectivity index (χ1n) is 8.25. The maximum Gasteiger partial charge on any atom is 0.258 e. The molecule has 128 valence electrons. The molecule has 0 spiro atoms. The van der Waals surface area contributed by atoms with Gasteiger partial charge in [-0.2, -0.15) is 11.3 Å².